The first-order valence-electron chi connectivity index (χ1n) is 7.79. The van der Waals surface area contributed by atoms with Crippen molar-refractivity contribution in [3.05, 3.63) is 52.9 Å². The standard InChI is InChI=1S/C17H18ClN5O/c18-14-3-1-2-13(8-14)16(23-4-6-24-7-5-23)11-22-17-12-20-15(9-19)10-21-17/h1-3,8,10,12,16H,4-7,11H2,(H,21,22). The summed E-state index contributed by atoms with van der Waals surface area (Å²) in [4.78, 5) is 10.6. The molecule has 1 fully saturated rings. The largest absolute Gasteiger partial charge is 0.379 e. The van der Waals surface area contributed by atoms with Crippen molar-refractivity contribution in [2.45, 2.75) is 6.04 Å². The molecule has 7 heteroatoms. The molecule has 1 aromatic heterocycles. The van der Waals surface area contributed by atoms with Crippen LogP contribution in [0.3, 0.4) is 0 Å². The number of hydrogen-bond acceptors (Lipinski definition) is 6. The van der Waals surface area contributed by atoms with Gasteiger partial charge in [0.15, 0.2) is 5.69 Å². The van der Waals surface area contributed by atoms with Crippen LogP contribution in [0.25, 0.3) is 0 Å². The Bertz CT molecular complexity index is 710. The Morgan fingerprint density at radius 3 is 2.79 bits per heavy atom. The Morgan fingerprint density at radius 2 is 2.12 bits per heavy atom. The van der Waals surface area contributed by atoms with Gasteiger partial charge in [0.25, 0.3) is 0 Å². The third kappa shape index (κ3) is 4.20. The lowest BCUT2D eigenvalue weighted by molar-refractivity contribution is 0.0187. The van der Waals surface area contributed by atoms with E-state index in [1.54, 1.807) is 6.20 Å². The summed E-state index contributed by atoms with van der Waals surface area (Å²) in [7, 11) is 0. The first-order chi connectivity index (χ1) is 11.8. The number of hydrogen-bond donors (Lipinski definition) is 1. The first kappa shape index (κ1) is 16.7. The predicted octanol–water partition coefficient (Wildman–Crippen LogP) is 2.49. The zero-order chi connectivity index (χ0) is 16.8. The van der Waals surface area contributed by atoms with Gasteiger partial charge in [0, 0.05) is 24.7 Å². The van der Waals surface area contributed by atoms with Crippen molar-refractivity contribution in [2.24, 2.45) is 0 Å². The zero-order valence-electron chi connectivity index (χ0n) is 13.2. The highest BCUT2D eigenvalue weighted by molar-refractivity contribution is 6.30. The zero-order valence-corrected chi connectivity index (χ0v) is 13.9. The van der Waals surface area contributed by atoms with Gasteiger partial charge in [-0.3, -0.25) is 4.90 Å². The number of ether oxygens (including phenoxy) is 1. The molecule has 3 rings (SSSR count). The molecule has 1 aromatic carbocycles. The summed E-state index contributed by atoms with van der Waals surface area (Å²) in [5.41, 5.74) is 1.46. The minimum Gasteiger partial charge on any atom is -0.379 e. The molecule has 0 aliphatic carbocycles. The van der Waals surface area contributed by atoms with Gasteiger partial charge in [0.05, 0.1) is 31.6 Å². The Labute approximate surface area is 146 Å². The fraction of sp³-hybridized carbons (Fsp3) is 0.353. The van der Waals surface area contributed by atoms with Crippen LogP contribution >= 0.6 is 11.6 Å². The summed E-state index contributed by atoms with van der Waals surface area (Å²) in [6.07, 6.45) is 3.04. The highest BCUT2D eigenvalue weighted by Crippen LogP contribution is 2.24. The van der Waals surface area contributed by atoms with Crippen LogP contribution in [0.4, 0.5) is 5.82 Å². The molecular weight excluding hydrogens is 326 g/mol. The fourth-order valence-corrected chi connectivity index (χ4v) is 2.94. The third-order valence-corrected chi connectivity index (χ3v) is 4.20. The molecule has 0 amide bonds. The van der Waals surface area contributed by atoms with Crippen LogP contribution in [-0.2, 0) is 4.74 Å². The topological polar surface area (TPSA) is 74.1 Å². The average Bonchev–Trinajstić information content (AvgIpc) is 2.63. The fourth-order valence-electron chi connectivity index (χ4n) is 2.74. The van der Waals surface area contributed by atoms with Crippen LogP contribution in [0.15, 0.2) is 36.7 Å². The molecule has 0 radical (unpaired) electrons. The van der Waals surface area contributed by atoms with Crippen molar-refractivity contribution in [1.29, 1.82) is 5.26 Å². The number of anilines is 1. The van der Waals surface area contributed by atoms with Gasteiger partial charge in [-0.25, -0.2) is 9.97 Å². The molecule has 1 saturated heterocycles. The molecule has 0 spiro atoms. The van der Waals surface area contributed by atoms with E-state index in [0.717, 1.165) is 36.9 Å². The molecule has 1 aliphatic rings. The molecule has 0 saturated carbocycles. The number of nitriles is 1. The van der Waals surface area contributed by atoms with E-state index in [1.165, 1.54) is 6.20 Å². The van der Waals surface area contributed by atoms with Gasteiger partial charge in [-0.15, -0.1) is 0 Å². The predicted molar refractivity (Wildman–Crippen MR) is 91.8 cm³/mol. The van der Waals surface area contributed by atoms with E-state index in [0.29, 0.717) is 18.1 Å². The van der Waals surface area contributed by atoms with Crippen molar-refractivity contribution in [3.63, 3.8) is 0 Å². The molecular formula is C17H18ClN5O. The molecule has 6 nitrogen and oxygen atoms in total. The highest BCUT2D eigenvalue weighted by atomic mass is 35.5. The maximum atomic E-state index is 8.79. The van der Waals surface area contributed by atoms with E-state index in [4.69, 9.17) is 21.6 Å². The quantitative estimate of drug-likeness (QED) is 0.899. The van der Waals surface area contributed by atoms with Crippen molar-refractivity contribution < 1.29 is 4.74 Å². The summed E-state index contributed by atoms with van der Waals surface area (Å²) >= 11 is 6.16. The van der Waals surface area contributed by atoms with Crippen molar-refractivity contribution in [1.82, 2.24) is 14.9 Å². The molecule has 1 unspecified atom stereocenters. The van der Waals surface area contributed by atoms with Gasteiger partial charge in [0.1, 0.15) is 11.9 Å². The van der Waals surface area contributed by atoms with Crippen LogP contribution in [0.1, 0.15) is 17.3 Å². The van der Waals surface area contributed by atoms with Crippen LogP contribution < -0.4 is 5.32 Å². The summed E-state index contributed by atoms with van der Waals surface area (Å²) in [6.45, 7) is 3.87. The monoisotopic (exact) mass is 343 g/mol. The van der Waals surface area contributed by atoms with E-state index in [2.05, 4.69) is 26.3 Å². The molecule has 0 bridgehead atoms. The number of halogens is 1. The smallest absolute Gasteiger partial charge is 0.158 e. The first-order valence-corrected chi connectivity index (χ1v) is 8.17. The molecule has 124 valence electrons. The van der Waals surface area contributed by atoms with Crippen LogP contribution in [0.2, 0.25) is 5.02 Å². The van der Waals surface area contributed by atoms with E-state index in [-0.39, 0.29) is 6.04 Å². The van der Waals surface area contributed by atoms with Crippen molar-refractivity contribution in [2.75, 3.05) is 38.2 Å². The Hall–Kier alpha value is -2.20. The summed E-state index contributed by atoms with van der Waals surface area (Å²) < 4.78 is 5.46. The van der Waals surface area contributed by atoms with Gasteiger partial charge >= 0.3 is 0 Å². The minimum absolute atomic E-state index is 0.157. The van der Waals surface area contributed by atoms with Gasteiger partial charge in [0.2, 0.25) is 0 Å². The molecule has 2 heterocycles. The van der Waals surface area contributed by atoms with E-state index < -0.39 is 0 Å². The maximum absolute atomic E-state index is 8.79. The van der Waals surface area contributed by atoms with Gasteiger partial charge < -0.3 is 10.1 Å². The molecule has 1 N–H and O–H groups in total. The molecule has 1 aliphatic heterocycles. The Balaban J connectivity index is 1.75. The lowest BCUT2D eigenvalue weighted by atomic mass is 10.0. The van der Waals surface area contributed by atoms with Gasteiger partial charge in [-0.1, -0.05) is 23.7 Å². The van der Waals surface area contributed by atoms with Crippen molar-refractivity contribution in [3.8, 4) is 6.07 Å². The number of nitrogens with one attached hydrogen (secondary N) is 1. The minimum atomic E-state index is 0.157. The summed E-state index contributed by atoms with van der Waals surface area (Å²) in [6, 6.07) is 10.0. The van der Waals surface area contributed by atoms with Crippen LogP contribution in [0.5, 0.6) is 0 Å². The number of rotatable bonds is 5. The van der Waals surface area contributed by atoms with E-state index in [1.807, 2.05) is 24.3 Å². The normalized spacial score (nSPS) is 16.3. The van der Waals surface area contributed by atoms with Gasteiger partial charge in [-0.05, 0) is 17.7 Å². The molecule has 2 aromatic rings. The lowest BCUT2D eigenvalue weighted by Gasteiger charge is -2.35. The second-order valence-corrected chi connectivity index (χ2v) is 5.94. The third-order valence-electron chi connectivity index (χ3n) is 3.96. The number of nitrogens with zero attached hydrogens (tertiary/aromatic N) is 4. The SMILES string of the molecule is N#Cc1cnc(NCC(c2cccc(Cl)c2)N2CCOCC2)cn1. The second kappa shape index (κ2) is 8.06. The summed E-state index contributed by atoms with van der Waals surface area (Å²) in [5.74, 6) is 0.647. The van der Waals surface area contributed by atoms with Gasteiger partial charge in [-0.2, -0.15) is 5.26 Å². The maximum Gasteiger partial charge on any atom is 0.158 e. The molecule has 24 heavy (non-hydrogen) atoms. The second-order valence-electron chi connectivity index (χ2n) is 5.50. The molecule has 1 atom stereocenters. The average molecular weight is 344 g/mol. The highest BCUT2D eigenvalue weighted by Gasteiger charge is 2.22. The Kier molecular flexibility index (Phi) is 5.59. The number of morpholine rings is 1. The van der Waals surface area contributed by atoms with E-state index >= 15 is 0 Å². The number of aromatic nitrogens is 2. The lowest BCUT2D eigenvalue weighted by Crippen LogP contribution is -2.41. The van der Waals surface area contributed by atoms with E-state index in [9.17, 15) is 0 Å². The van der Waals surface area contributed by atoms with Crippen LogP contribution in [0, 0.1) is 11.3 Å². The summed E-state index contributed by atoms with van der Waals surface area (Å²) in [5, 5.41) is 12.8. The van der Waals surface area contributed by atoms with Crippen molar-refractivity contribution >= 4 is 17.4 Å². The number of benzene rings is 1. The Morgan fingerprint density at radius 1 is 1.29 bits per heavy atom. The van der Waals surface area contributed by atoms with Crippen LogP contribution in [-0.4, -0.2) is 47.7 Å².